The first-order chi connectivity index (χ1) is 14.0. The molecule has 1 nitrogen and oxygen atoms in total. The Morgan fingerprint density at radius 1 is 0.767 bits per heavy atom. The Labute approximate surface area is 185 Å². The van der Waals surface area contributed by atoms with E-state index in [2.05, 4.69) is 117 Å². The molecule has 0 saturated heterocycles. The van der Waals surface area contributed by atoms with Crippen LogP contribution in [0.25, 0.3) is 22.0 Å². The minimum Gasteiger partial charge on any atom is -0.200 e. The Kier molecular flexibility index (Phi) is 6.29. The van der Waals surface area contributed by atoms with Gasteiger partial charge in [0.1, 0.15) is 7.05 Å². The van der Waals surface area contributed by atoms with Crippen molar-refractivity contribution in [1.29, 1.82) is 0 Å². The Morgan fingerprint density at radius 3 is 1.93 bits per heavy atom. The summed E-state index contributed by atoms with van der Waals surface area (Å²) in [5.74, 6) is 0. The van der Waals surface area contributed by atoms with E-state index >= 15 is 0 Å². The zero-order valence-corrected chi connectivity index (χ0v) is 21.7. The third kappa shape index (κ3) is 3.54. The highest BCUT2D eigenvalue weighted by Crippen LogP contribution is 2.41. The molecule has 0 spiro atoms. The normalized spacial score (nSPS) is 12.6. The standard InChI is InChI=1S/C28H40NSi/c1-18(2)30(19(3)4,20(5)6)25-11-12-26-24(17-25)13-14-29(10)28(26)27-16-21(7)15-22(8)23(27)9/h11-20H,1-10H3/q+1. The molecule has 0 radical (unpaired) electrons. The first-order valence-corrected chi connectivity index (χ1v) is 13.8. The van der Waals surface area contributed by atoms with Gasteiger partial charge in [0.25, 0.3) is 0 Å². The molecule has 3 aromatic rings. The van der Waals surface area contributed by atoms with Gasteiger partial charge in [0.2, 0.25) is 5.69 Å². The van der Waals surface area contributed by atoms with Gasteiger partial charge in [-0.25, -0.2) is 4.57 Å². The van der Waals surface area contributed by atoms with Crippen molar-refractivity contribution in [2.24, 2.45) is 7.05 Å². The number of pyridine rings is 1. The Hall–Kier alpha value is -1.93. The molecule has 0 atom stereocenters. The highest BCUT2D eigenvalue weighted by Gasteiger charge is 2.44. The largest absolute Gasteiger partial charge is 0.220 e. The number of aromatic nitrogens is 1. The van der Waals surface area contributed by atoms with Crippen molar-refractivity contribution in [1.82, 2.24) is 0 Å². The van der Waals surface area contributed by atoms with Crippen LogP contribution in [0.15, 0.2) is 42.6 Å². The van der Waals surface area contributed by atoms with Gasteiger partial charge in [-0.05, 0) is 66.0 Å². The molecule has 2 aromatic carbocycles. The lowest BCUT2D eigenvalue weighted by atomic mass is 9.94. The zero-order chi connectivity index (χ0) is 22.4. The minimum atomic E-state index is -1.67. The maximum Gasteiger partial charge on any atom is 0.220 e. The molecule has 0 N–H and O–H groups in total. The van der Waals surface area contributed by atoms with Crippen molar-refractivity contribution in [2.45, 2.75) is 78.9 Å². The second-order valence-corrected chi connectivity index (χ2v) is 16.1. The van der Waals surface area contributed by atoms with Gasteiger partial charge in [0, 0.05) is 6.07 Å². The molecule has 2 heteroatoms. The van der Waals surface area contributed by atoms with E-state index in [-0.39, 0.29) is 0 Å². The summed E-state index contributed by atoms with van der Waals surface area (Å²) in [5, 5.41) is 4.35. The predicted molar refractivity (Wildman–Crippen MR) is 135 cm³/mol. The SMILES string of the molecule is Cc1cc(C)c(C)c(-c2c3ccc([Si](C(C)C)(C(C)C)C(C)C)cc3cc[n+]2C)c1. The van der Waals surface area contributed by atoms with Crippen LogP contribution in [-0.2, 0) is 7.05 Å². The van der Waals surface area contributed by atoms with Crippen LogP contribution in [0.5, 0.6) is 0 Å². The van der Waals surface area contributed by atoms with Gasteiger partial charge in [0.15, 0.2) is 6.20 Å². The second kappa shape index (κ2) is 8.30. The summed E-state index contributed by atoms with van der Waals surface area (Å²) in [6.45, 7) is 21.4. The van der Waals surface area contributed by atoms with Crippen LogP contribution < -0.4 is 9.75 Å². The van der Waals surface area contributed by atoms with Crippen molar-refractivity contribution < 1.29 is 4.57 Å². The molecule has 1 heterocycles. The van der Waals surface area contributed by atoms with Gasteiger partial charge < -0.3 is 0 Å². The number of benzene rings is 2. The molecule has 0 saturated carbocycles. The molecular formula is C28H40NSi+. The molecule has 30 heavy (non-hydrogen) atoms. The lowest BCUT2D eigenvalue weighted by Crippen LogP contribution is -2.55. The van der Waals surface area contributed by atoms with Crippen molar-refractivity contribution >= 4 is 24.0 Å². The molecule has 0 amide bonds. The fourth-order valence-electron chi connectivity index (χ4n) is 6.26. The molecule has 0 aliphatic rings. The van der Waals surface area contributed by atoms with Gasteiger partial charge >= 0.3 is 0 Å². The average Bonchev–Trinajstić information content (AvgIpc) is 2.64. The number of hydrogen-bond donors (Lipinski definition) is 0. The van der Waals surface area contributed by atoms with Gasteiger partial charge in [-0.1, -0.05) is 70.5 Å². The summed E-state index contributed by atoms with van der Waals surface area (Å²) < 4.78 is 2.29. The second-order valence-electron chi connectivity index (χ2n) is 10.2. The summed E-state index contributed by atoms with van der Waals surface area (Å²) in [6.07, 6.45) is 2.24. The molecule has 0 bridgehead atoms. The van der Waals surface area contributed by atoms with E-state index in [1.807, 2.05) is 0 Å². The van der Waals surface area contributed by atoms with Crippen LogP contribution in [0.3, 0.4) is 0 Å². The van der Waals surface area contributed by atoms with Crippen LogP contribution >= 0.6 is 0 Å². The minimum absolute atomic E-state index is 0.718. The van der Waals surface area contributed by atoms with Crippen molar-refractivity contribution in [2.75, 3.05) is 0 Å². The van der Waals surface area contributed by atoms with E-state index in [0.29, 0.717) is 0 Å². The molecular weight excluding hydrogens is 378 g/mol. The van der Waals surface area contributed by atoms with E-state index in [1.54, 1.807) is 5.19 Å². The van der Waals surface area contributed by atoms with Crippen LogP contribution in [0.1, 0.15) is 58.2 Å². The van der Waals surface area contributed by atoms with E-state index in [9.17, 15) is 0 Å². The van der Waals surface area contributed by atoms with E-state index in [1.165, 1.54) is 38.7 Å². The summed E-state index contributed by atoms with van der Waals surface area (Å²) in [4.78, 5) is 0. The Bertz CT molecular complexity index is 1050. The van der Waals surface area contributed by atoms with Crippen LogP contribution in [0, 0.1) is 20.8 Å². The summed E-state index contributed by atoms with van der Waals surface area (Å²) in [5.41, 5.74) is 8.91. The zero-order valence-electron chi connectivity index (χ0n) is 20.7. The highest BCUT2D eigenvalue weighted by molar-refractivity contribution is 6.95. The Morgan fingerprint density at radius 2 is 1.37 bits per heavy atom. The van der Waals surface area contributed by atoms with E-state index in [4.69, 9.17) is 0 Å². The molecule has 160 valence electrons. The number of hydrogen-bond acceptors (Lipinski definition) is 0. The molecule has 0 aliphatic heterocycles. The third-order valence-electron chi connectivity index (χ3n) is 7.57. The number of rotatable bonds is 5. The van der Waals surface area contributed by atoms with Gasteiger partial charge in [-0.3, -0.25) is 0 Å². The maximum absolute atomic E-state index is 2.53. The lowest BCUT2D eigenvalue weighted by Gasteiger charge is -2.43. The maximum atomic E-state index is 2.53. The Balaban J connectivity index is 2.33. The lowest BCUT2D eigenvalue weighted by molar-refractivity contribution is -0.659. The van der Waals surface area contributed by atoms with Crippen molar-refractivity contribution in [3.8, 4) is 11.3 Å². The average molecular weight is 419 g/mol. The first kappa shape index (κ1) is 22.7. The van der Waals surface area contributed by atoms with Crippen LogP contribution in [0.4, 0.5) is 0 Å². The quantitative estimate of drug-likeness (QED) is 0.306. The molecule has 1 aromatic heterocycles. The number of fused-ring (bicyclic) bond motifs is 1. The topological polar surface area (TPSA) is 3.88 Å². The molecule has 0 aliphatic carbocycles. The number of nitrogens with zero attached hydrogens (tertiary/aromatic N) is 1. The highest BCUT2D eigenvalue weighted by atomic mass is 28.3. The number of aryl methyl sites for hydroxylation is 3. The fourth-order valence-corrected chi connectivity index (χ4v) is 13.0. The third-order valence-corrected chi connectivity index (χ3v) is 14.6. The van der Waals surface area contributed by atoms with E-state index < -0.39 is 8.07 Å². The van der Waals surface area contributed by atoms with Crippen molar-refractivity contribution in [3.05, 3.63) is 59.3 Å². The summed E-state index contributed by atoms with van der Waals surface area (Å²) >= 11 is 0. The summed E-state index contributed by atoms with van der Waals surface area (Å²) in [7, 11) is 0.509. The van der Waals surface area contributed by atoms with Crippen molar-refractivity contribution in [3.63, 3.8) is 0 Å². The van der Waals surface area contributed by atoms with Gasteiger partial charge in [-0.2, -0.15) is 0 Å². The smallest absolute Gasteiger partial charge is 0.200 e. The summed E-state index contributed by atoms with van der Waals surface area (Å²) in [6, 6.07) is 14.3. The van der Waals surface area contributed by atoms with E-state index in [0.717, 1.165) is 16.6 Å². The van der Waals surface area contributed by atoms with Gasteiger partial charge in [-0.15, -0.1) is 0 Å². The first-order valence-electron chi connectivity index (χ1n) is 11.5. The predicted octanol–water partition coefficient (Wildman–Crippen LogP) is 7.14. The van der Waals surface area contributed by atoms with Crippen LogP contribution in [0.2, 0.25) is 16.6 Å². The molecule has 0 fully saturated rings. The van der Waals surface area contributed by atoms with Crippen LogP contribution in [-0.4, -0.2) is 8.07 Å². The molecule has 3 rings (SSSR count). The monoisotopic (exact) mass is 418 g/mol. The van der Waals surface area contributed by atoms with Gasteiger partial charge in [0.05, 0.1) is 19.0 Å². The molecule has 0 unspecified atom stereocenters. The fraction of sp³-hybridized carbons (Fsp3) is 0.464.